The Hall–Kier alpha value is -0.513. The second-order valence-electron chi connectivity index (χ2n) is 4.84. The van der Waals surface area contributed by atoms with Gasteiger partial charge in [0.2, 0.25) is 0 Å². The average molecular weight is 287 g/mol. The van der Waals surface area contributed by atoms with Gasteiger partial charge in [0.25, 0.3) is 0 Å². The van der Waals surface area contributed by atoms with Crippen molar-refractivity contribution < 1.29 is 8.85 Å². The van der Waals surface area contributed by atoms with Gasteiger partial charge >= 0.3 is 8.56 Å². The lowest BCUT2D eigenvalue weighted by atomic mass is 10.2. The van der Waals surface area contributed by atoms with Crippen LogP contribution in [0.2, 0.25) is 18.1 Å². The third-order valence-corrected chi connectivity index (χ3v) is 4.56. The van der Waals surface area contributed by atoms with E-state index in [-0.39, 0.29) is 0 Å². The maximum atomic E-state index is 6.07. The lowest BCUT2D eigenvalue weighted by Crippen LogP contribution is -2.38. The number of hydrogen-bond acceptors (Lipinski definition) is 2. The predicted molar refractivity (Wildman–Crippen MR) is 79.7 cm³/mol. The van der Waals surface area contributed by atoms with Gasteiger partial charge in [-0.15, -0.1) is 0 Å². The van der Waals surface area contributed by atoms with E-state index in [1.807, 2.05) is 24.3 Å². The number of benzene rings is 1. The van der Waals surface area contributed by atoms with Crippen LogP contribution in [-0.4, -0.2) is 15.2 Å². The molecule has 0 aromatic heterocycles. The molecule has 0 saturated heterocycles. The van der Waals surface area contributed by atoms with Crippen LogP contribution in [0.5, 0.6) is 5.75 Å². The Labute approximate surface area is 117 Å². The fraction of sp³-hybridized carbons (Fsp3) is 0.571. The number of hydrogen-bond donors (Lipinski definition) is 0. The van der Waals surface area contributed by atoms with Crippen LogP contribution >= 0.6 is 11.6 Å². The largest absolute Gasteiger partial charge is 0.519 e. The van der Waals surface area contributed by atoms with Gasteiger partial charge in [-0.3, -0.25) is 0 Å². The fourth-order valence-electron chi connectivity index (χ4n) is 1.67. The van der Waals surface area contributed by atoms with E-state index in [9.17, 15) is 0 Å². The molecule has 4 heteroatoms. The summed E-state index contributed by atoms with van der Waals surface area (Å²) in [7, 11) is -2.12. The molecule has 2 nitrogen and oxygen atoms in total. The highest BCUT2D eigenvalue weighted by Gasteiger charge is 2.27. The summed E-state index contributed by atoms with van der Waals surface area (Å²) in [5.41, 5.74) is 0. The SMILES string of the molecule is CCCCCCO[Si](C)(C)Oc1ccccc1Cl. The van der Waals surface area contributed by atoms with Gasteiger partial charge in [0.1, 0.15) is 5.75 Å². The van der Waals surface area contributed by atoms with Crippen molar-refractivity contribution in [2.75, 3.05) is 6.61 Å². The minimum Gasteiger partial charge on any atom is -0.519 e. The summed E-state index contributed by atoms with van der Waals surface area (Å²) in [6, 6.07) is 7.54. The zero-order valence-electron chi connectivity index (χ0n) is 11.5. The molecule has 0 atom stereocenters. The van der Waals surface area contributed by atoms with E-state index in [1.54, 1.807) is 0 Å². The molecule has 18 heavy (non-hydrogen) atoms. The van der Waals surface area contributed by atoms with E-state index < -0.39 is 8.56 Å². The molecular weight excluding hydrogens is 264 g/mol. The molecule has 0 N–H and O–H groups in total. The van der Waals surface area contributed by atoms with E-state index in [0.29, 0.717) is 5.02 Å². The Morgan fingerprint density at radius 2 is 1.83 bits per heavy atom. The summed E-state index contributed by atoms with van der Waals surface area (Å²) in [5.74, 6) is 0.726. The number of rotatable bonds is 8. The Balaban J connectivity index is 2.37. The van der Waals surface area contributed by atoms with Crippen LogP contribution in [-0.2, 0) is 4.43 Å². The molecule has 0 bridgehead atoms. The van der Waals surface area contributed by atoms with Crippen molar-refractivity contribution >= 4 is 20.2 Å². The second kappa shape index (κ2) is 7.82. The lowest BCUT2D eigenvalue weighted by molar-refractivity contribution is 0.241. The minimum atomic E-state index is -2.12. The highest BCUT2D eigenvalue weighted by Crippen LogP contribution is 2.26. The maximum Gasteiger partial charge on any atom is 0.392 e. The van der Waals surface area contributed by atoms with E-state index in [1.165, 1.54) is 19.3 Å². The van der Waals surface area contributed by atoms with Crippen LogP contribution in [0.1, 0.15) is 32.6 Å². The van der Waals surface area contributed by atoms with Gasteiger partial charge in [-0.05, 0) is 31.6 Å². The Kier molecular flexibility index (Phi) is 6.75. The zero-order chi connectivity index (χ0) is 13.4. The highest BCUT2D eigenvalue weighted by atomic mass is 35.5. The molecule has 0 saturated carbocycles. The molecule has 0 unspecified atom stereocenters. The quantitative estimate of drug-likeness (QED) is 0.493. The van der Waals surface area contributed by atoms with Gasteiger partial charge < -0.3 is 8.85 Å². The smallest absolute Gasteiger partial charge is 0.392 e. The summed E-state index contributed by atoms with van der Waals surface area (Å²) >= 11 is 6.07. The van der Waals surface area contributed by atoms with Gasteiger partial charge in [0.15, 0.2) is 0 Å². The standard InChI is InChI=1S/C14H23ClO2Si/c1-4-5-6-9-12-16-18(2,3)17-14-11-8-7-10-13(14)15/h7-8,10-11H,4-6,9,12H2,1-3H3. The van der Waals surface area contributed by atoms with Gasteiger partial charge in [-0.1, -0.05) is 49.9 Å². The summed E-state index contributed by atoms with van der Waals surface area (Å²) in [6.07, 6.45) is 4.86. The molecule has 102 valence electrons. The summed E-state index contributed by atoms with van der Waals surface area (Å²) in [4.78, 5) is 0. The number of para-hydroxylation sites is 1. The highest BCUT2D eigenvalue weighted by molar-refractivity contribution is 6.65. The van der Waals surface area contributed by atoms with Crippen molar-refractivity contribution in [2.45, 2.75) is 45.7 Å². The summed E-state index contributed by atoms with van der Waals surface area (Å²) in [5, 5.41) is 0.646. The monoisotopic (exact) mass is 286 g/mol. The van der Waals surface area contributed by atoms with E-state index in [0.717, 1.165) is 18.8 Å². The molecular formula is C14H23ClO2Si. The van der Waals surface area contributed by atoms with Crippen LogP contribution in [0, 0.1) is 0 Å². The van der Waals surface area contributed by atoms with Crippen molar-refractivity contribution in [1.82, 2.24) is 0 Å². The molecule has 1 rings (SSSR count). The first-order valence-corrected chi connectivity index (χ1v) is 9.82. The molecule has 0 aliphatic rings. The van der Waals surface area contributed by atoms with Crippen LogP contribution in [0.25, 0.3) is 0 Å². The maximum absolute atomic E-state index is 6.07. The molecule has 1 aromatic carbocycles. The summed E-state index contributed by atoms with van der Waals surface area (Å²) in [6.45, 7) is 7.09. The fourth-order valence-corrected chi connectivity index (χ4v) is 3.31. The molecule has 0 spiro atoms. The van der Waals surface area contributed by atoms with Gasteiger partial charge in [-0.2, -0.15) is 0 Å². The minimum absolute atomic E-state index is 0.646. The molecule has 0 fully saturated rings. The average Bonchev–Trinajstić information content (AvgIpc) is 2.31. The summed E-state index contributed by atoms with van der Waals surface area (Å²) < 4.78 is 11.8. The topological polar surface area (TPSA) is 18.5 Å². The molecule has 0 aliphatic heterocycles. The van der Waals surface area contributed by atoms with Crippen LogP contribution in [0.3, 0.4) is 0 Å². The van der Waals surface area contributed by atoms with Crippen molar-refractivity contribution in [3.05, 3.63) is 29.3 Å². The lowest BCUT2D eigenvalue weighted by Gasteiger charge is -2.24. The van der Waals surface area contributed by atoms with Gasteiger partial charge in [0, 0.05) is 6.61 Å². The predicted octanol–water partition coefficient (Wildman–Crippen LogP) is 5.02. The molecule has 0 heterocycles. The Bertz CT molecular complexity index is 355. The zero-order valence-corrected chi connectivity index (χ0v) is 13.3. The normalized spacial score (nSPS) is 11.6. The van der Waals surface area contributed by atoms with Crippen molar-refractivity contribution in [2.24, 2.45) is 0 Å². The third-order valence-electron chi connectivity index (χ3n) is 2.64. The van der Waals surface area contributed by atoms with Gasteiger partial charge in [0.05, 0.1) is 5.02 Å². The van der Waals surface area contributed by atoms with Crippen molar-refractivity contribution in [1.29, 1.82) is 0 Å². The number of unbranched alkanes of at least 4 members (excludes halogenated alkanes) is 3. The number of halogens is 1. The van der Waals surface area contributed by atoms with Crippen LogP contribution in [0.15, 0.2) is 24.3 Å². The third kappa shape index (κ3) is 5.89. The Morgan fingerprint density at radius 1 is 1.11 bits per heavy atom. The first-order valence-electron chi connectivity index (χ1n) is 6.62. The Morgan fingerprint density at radius 3 is 2.50 bits per heavy atom. The van der Waals surface area contributed by atoms with Gasteiger partial charge in [-0.25, -0.2) is 0 Å². The van der Waals surface area contributed by atoms with E-state index in [2.05, 4.69) is 20.0 Å². The first-order chi connectivity index (χ1) is 8.55. The van der Waals surface area contributed by atoms with Crippen molar-refractivity contribution in [3.8, 4) is 5.75 Å². The van der Waals surface area contributed by atoms with E-state index in [4.69, 9.17) is 20.5 Å². The molecule has 0 amide bonds. The first kappa shape index (κ1) is 15.5. The molecule has 0 aliphatic carbocycles. The van der Waals surface area contributed by atoms with E-state index >= 15 is 0 Å². The van der Waals surface area contributed by atoms with Crippen LogP contribution in [0.4, 0.5) is 0 Å². The molecule has 1 aromatic rings. The van der Waals surface area contributed by atoms with Crippen molar-refractivity contribution in [3.63, 3.8) is 0 Å². The second-order valence-corrected chi connectivity index (χ2v) is 8.54. The van der Waals surface area contributed by atoms with Crippen LogP contribution < -0.4 is 4.43 Å². The molecule has 0 radical (unpaired) electrons.